The molecule has 3 heterocycles. The fourth-order valence-electron chi connectivity index (χ4n) is 1.87. The maximum atomic E-state index is 5.33. The number of aromatic nitrogens is 4. The van der Waals surface area contributed by atoms with E-state index in [2.05, 4.69) is 20.6 Å². The van der Waals surface area contributed by atoms with Crippen LogP contribution in [-0.2, 0) is 0 Å². The van der Waals surface area contributed by atoms with E-state index in [1.54, 1.807) is 10.8 Å². The van der Waals surface area contributed by atoms with E-state index in [0.29, 0.717) is 11.6 Å². The SMILES string of the molecule is c1ccc(Nc2nn3c(-c4ccco4)nnc3s2)cc1. The fourth-order valence-corrected chi connectivity index (χ4v) is 2.63. The molecule has 3 aromatic heterocycles. The predicted octanol–water partition coefficient (Wildman–Crippen LogP) is 3.19. The Morgan fingerprint density at radius 1 is 1.05 bits per heavy atom. The number of benzene rings is 1. The summed E-state index contributed by atoms with van der Waals surface area (Å²) in [5, 5.41) is 16.7. The monoisotopic (exact) mass is 283 g/mol. The Hall–Kier alpha value is -2.67. The molecule has 4 aromatic rings. The van der Waals surface area contributed by atoms with Crippen LogP contribution in [0.5, 0.6) is 0 Å². The quantitative estimate of drug-likeness (QED) is 0.625. The van der Waals surface area contributed by atoms with Crippen LogP contribution in [0.1, 0.15) is 0 Å². The smallest absolute Gasteiger partial charge is 0.236 e. The van der Waals surface area contributed by atoms with Crippen LogP contribution in [0, 0.1) is 0 Å². The minimum atomic E-state index is 0.599. The van der Waals surface area contributed by atoms with E-state index in [4.69, 9.17) is 4.42 Å². The lowest BCUT2D eigenvalue weighted by molar-refractivity contribution is 0.575. The van der Waals surface area contributed by atoms with E-state index in [-0.39, 0.29) is 0 Å². The molecular weight excluding hydrogens is 274 g/mol. The minimum Gasteiger partial charge on any atom is -0.461 e. The molecule has 0 bridgehead atoms. The molecule has 0 aliphatic rings. The number of nitrogens with zero attached hydrogens (tertiary/aromatic N) is 4. The second kappa shape index (κ2) is 4.46. The summed E-state index contributed by atoms with van der Waals surface area (Å²) < 4.78 is 7.01. The molecule has 20 heavy (non-hydrogen) atoms. The van der Waals surface area contributed by atoms with Gasteiger partial charge in [-0.2, -0.15) is 4.52 Å². The lowest BCUT2D eigenvalue weighted by atomic mass is 10.3. The summed E-state index contributed by atoms with van der Waals surface area (Å²) >= 11 is 1.44. The van der Waals surface area contributed by atoms with Gasteiger partial charge in [-0.1, -0.05) is 29.5 Å². The highest BCUT2D eigenvalue weighted by Gasteiger charge is 2.15. The van der Waals surface area contributed by atoms with Gasteiger partial charge in [0.15, 0.2) is 5.76 Å². The van der Waals surface area contributed by atoms with Gasteiger partial charge in [0.1, 0.15) is 0 Å². The lowest BCUT2D eigenvalue weighted by Gasteiger charge is -1.99. The molecule has 0 saturated carbocycles. The molecule has 0 spiro atoms. The van der Waals surface area contributed by atoms with Gasteiger partial charge >= 0.3 is 0 Å². The molecule has 98 valence electrons. The van der Waals surface area contributed by atoms with Crippen molar-refractivity contribution in [1.29, 1.82) is 0 Å². The number of anilines is 2. The van der Waals surface area contributed by atoms with E-state index < -0.39 is 0 Å². The third-order valence-electron chi connectivity index (χ3n) is 2.76. The number of hydrogen-bond acceptors (Lipinski definition) is 6. The number of nitrogens with one attached hydrogen (secondary N) is 1. The van der Waals surface area contributed by atoms with E-state index in [9.17, 15) is 0 Å². The first-order valence-corrected chi connectivity index (χ1v) is 6.80. The standard InChI is InChI=1S/C13H9N5OS/c1-2-5-9(6-3-1)14-12-17-18-11(10-7-4-8-19-10)15-16-13(18)20-12/h1-8H,(H,14,17). The van der Waals surface area contributed by atoms with Gasteiger partial charge in [-0.3, -0.25) is 0 Å². The van der Waals surface area contributed by atoms with Gasteiger partial charge < -0.3 is 9.73 Å². The van der Waals surface area contributed by atoms with Crippen molar-refractivity contribution in [3.8, 4) is 11.6 Å². The van der Waals surface area contributed by atoms with Gasteiger partial charge in [-0.05, 0) is 24.3 Å². The Morgan fingerprint density at radius 2 is 1.95 bits per heavy atom. The molecule has 1 aromatic carbocycles. The summed E-state index contributed by atoms with van der Waals surface area (Å²) in [5.74, 6) is 1.25. The molecule has 1 N–H and O–H groups in total. The molecule has 0 fully saturated rings. The Kier molecular flexibility index (Phi) is 2.49. The number of furan rings is 1. The van der Waals surface area contributed by atoms with Gasteiger partial charge in [-0.15, -0.1) is 15.3 Å². The molecule has 7 heteroatoms. The Balaban J connectivity index is 1.73. The fraction of sp³-hybridized carbons (Fsp3) is 0. The summed E-state index contributed by atoms with van der Waals surface area (Å²) in [7, 11) is 0. The largest absolute Gasteiger partial charge is 0.461 e. The maximum Gasteiger partial charge on any atom is 0.236 e. The third-order valence-corrected chi connectivity index (χ3v) is 3.57. The van der Waals surface area contributed by atoms with Gasteiger partial charge in [0.2, 0.25) is 15.9 Å². The second-order valence-electron chi connectivity index (χ2n) is 4.09. The van der Waals surface area contributed by atoms with Crippen LogP contribution in [-0.4, -0.2) is 19.8 Å². The Bertz CT molecular complexity index is 834. The molecule has 0 atom stereocenters. The number of fused-ring (bicyclic) bond motifs is 1. The molecule has 0 saturated heterocycles. The second-order valence-corrected chi connectivity index (χ2v) is 5.05. The molecule has 0 unspecified atom stereocenters. The first-order chi connectivity index (χ1) is 9.90. The first kappa shape index (κ1) is 11.2. The van der Waals surface area contributed by atoms with Crippen molar-refractivity contribution >= 4 is 27.1 Å². The topological polar surface area (TPSA) is 68.2 Å². The Labute approximate surface area is 117 Å². The molecule has 0 aliphatic carbocycles. The van der Waals surface area contributed by atoms with Crippen molar-refractivity contribution in [1.82, 2.24) is 19.8 Å². The molecule has 4 rings (SSSR count). The van der Waals surface area contributed by atoms with Crippen molar-refractivity contribution in [2.75, 3.05) is 5.32 Å². The number of rotatable bonds is 3. The minimum absolute atomic E-state index is 0.599. The number of hydrogen-bond donors (Lipinski definition) is 1. The normalized spacial score (nSPS) is 11.0. The van der Waals surface area contributed by atoms with Gasteiger partial charge in [0.05, 0.1) is 6.26 Å². The highest BCUT2D eigenvalue weighted by atomic mass is 32.1. The molecule has 0 aliphatic heterocycles. The first-order valence-electron chi connectivity index (χ1n) is 5.98. The van der Waals surface area contributed by atoms with Crippen molar-refractivity contribution in [2.45, 2.75) is 0 Å². The van der Waals surface area contributed by atoms with Crippen LogP contribution in [0.2, 0.25) is 0 Å². The highest BCUT2D eigenvalue weighted by Crippen LogP contribution is 2.26. The third kappa shape index (κ3) is 1.84. The van der Waals surface area contributed by atoms with Crippen LogP contribution >= 0.6 is 11.3 Å². The van der Waals surface area contributed by atoms with Crippen LogP contribution in [0.4, 0.5) is 10.8 Å². The molecule has 0 radical (unpaired) electrons. The zero-order chi connectivity index (χ0) is 13.4. The average Bonchev–Trinajstić information content (AvgIpc) is 3.15. The summed E-state index contributed by atoms with van der Waals surface area (Å²) in [6.07, 6.45) is 1.60. The van der Waals surface area contributed by atoms with Crippen LogP contribution in [0.15, 0.2) is 53.1 Å². The summed E-state index contributed by atoms with van der Waals surface area (Å²) in [6.45, 7) is 0. The Morgan fingerprint density at radius 3 is 2.75 bits per heavy atom. The van der Waals surface area contributed by atoms with E-state index in [1.807, 2.05) is 42.5 Å². The zero-order valence-electron chi connectivity index (χ0n) is 10.2. The van der Waals surface area contributed by atoms with Crippen molar-refractivity contribution in [2.24, 2.45) is 0 Å². The van der Waals surface area contributed by atoms with Crippen molar-refractivity contribution < 1.29 is 4.42 Å². The van der Waals surface area contributed by atoms with Crippen LogP contribution < -0.4 is 5.32 Å². The van der Waals surface area contributed by atoms with Crippen LogP contribution in [0.25, 0.3) is 16.5 Å². The van der Waals surface area contributed by atoms with E-state index >= 15 is 0 Å². The summed E-state index contributed by atoms with van der Waals surface area (Å²) in [5.41, 5.74) is 0.983. The highest BCUT2D eigenvalue weighted by molar-refractivity contribution is 7.20. The van der Waals surface area contributed by atoms with E-state index in [1.165, 1.54) is 11.3 Å². The average molecular weight is 283 g/mol. The molecular formula is C13H9N5OS. The summed E-state index contributed by atoms with van der Waals surface area (Å²) in [6, 6.07) is 13.5. The predicted molar refractivity (Wildman–Crippen MR) is 76.1 cm³/mol. The number of para-hydroxylation sites is 1. The van der Waals surface area contributed by atoms with Crippen molar-refractivity contribution in [3.05, 3.63) is 48.7 Å². The lowest BCUT2D eigenvalue weighted by Crippen LogP contribution is -1.93. The van der Waals surface area contributed by atoms with Gasteiger partial charge in [0.25, 0.3) is 0 Å². The summed E-state index contributed by atoms with van der Waals surface area (Å²) in [4.78, 5) is 0.717. The van der Waals surface area contributed by atoms with Gasteiger partial charge in [-0.25, -0.2) is 0 Å². The zero-order valence-corrected chi connectivity index (χ0v) is 11.0. The van der Waals surface area contributed by atoms with Crippen molar-refractivity contribution in [3.63, 3.8) is 0 Å². The molecule has 0 amide bonds. The van der Waals surface area contributed by atoms with Crippen LogP contribution in [0.3, 0.4) is 0 Å². The molecule has 6 nitrogen and oxygen atoms in total. The maximum absolute atomic E-state index is 5.33. The van der Waals surface area contributed by atoms with E-state index in [0.717, 1.165) is 15.8 Å². The van der Waals surface area contributed by atoms with Gasteiger partial charge in [0, 0.05) is 5.69 Å².